The Hall–Kier alpha value is -2.01. The van der Waals surface area contributed by atoms with Crippen molar-refractivity contribution in [1.29, 1.82) is 0 Å². The van der Waals surface area contributed by atoms with Crippen molar-refractivity contribution in [2.24, 2.45) is 0 Å². The van der Waals surface area contributed by atoms with E-state index in [1.165, 1.54) is 12.1 Å². The molecular weight excluding hydrogens is 269 g/mol. The number of rotatable bonds is 2. The predicted octanol–water partition coefficient (Wildman–Crippen LogP) is 2.81. The van der Waals surface area contributed by atoms with Crippen LogP contribution >= 0.6 is 0 Å². The van der Waals surface area contributed by atoms with Crippen LogP contribution in [0.2, 0.25) is 0 Å². The van der Waals surface area contributed by atoms with Gasteiger partial charge in [0.2, 0.25) is 0 Å². The van der Waals surface area contributed by atoms with Crippen molar-refractivity contribution in [2.75, 3.05) is 24.6 Å². The number of hydrogen-bond acceptors (Lipinski definition) is 4. The molecule has 0 bridgehead atoms. The number of ether oxygens (including phenoxy) is 1. The normalized spacial score (nSPS) is 18.8. The highest BCUT2D eigenvalue weighted by atomic mass is 19.1. The molecule has 110 valence electrons. The van der Waals surface area contributed by atoms with Crippen molar-refractivity contribution in [2.45, 2.75) is 20.0 Å². The van der Waals surface area contributed by atoms with Gasteiger partial charge in [-0.3, -0.25) is 0 Å². The van der Waals surface area contributed by atoms with Gasteiger partial charge in [0, 0.05) is 24.8 Å². The van der Waals surface area contributed by atoms with E-state index in [0.29, 0.717) is 13.2 Å². The van der Waals surface area contributed by atoms with Crippen LogP contribution in [0.1, 0.15) is 23.2 Å². The van der Waals surface area contributed by atoms with Crippen LogP contribution in [-0.2, 0) is 4.74 Å². The topological polar surface area (TPSA) is 38.2 Å². The number of halogens is 1. The molecule has 3 rings (SSSR count). The van der Waals surface area contributed by atoms with Crippen molar-refractivity contribution in [1.82, 2.24) is 9.97 Å². The zero-order chi connectivity index (χ0) is 14.8. The van der Waals surface area contributed by atoms with Crippen LogP contribution in [-0.4, -0.2) is 29.7 Å². The summed E-state index contributed by atoms with van der Waals surface area (Å²) in [6, 6.07) is 8.48. The van der Waals surface area contributed by atoms with E-state index in [1.54, 1.807) is 12.1 Å². The molecule has 5 heteroatoms. The monoisotopic (exact) mass is 287 g/mol. The molecule has 1 unspecified atom stereocenters. The summed E-state index contributed by atoms with van der Waals surface area (Å²) in [4.78, 5) is 11.0. The molecule has 0 saturated carbocycles. The highest BCUT2D eigenvalue weighted by Gasteiger charge is 2.23. The average Bonchev–Trinajstić information content (AvgIpc) is 2.47. The van der Waals surface area contributed by atoms with Crippen LogP contribution < -0.4 is 4.90 Å². The Balaban J connectivity index is 1.80. The minimum Gasteiger partial charge on any atom is -0.370 e. The Morgan fingerprint density at radius 1 is 1.19 bits per heavy atom. The fraction of sp³-hybridized carbons (Fsp3) is 0.375. The van der Waals surface area contributed by atoms with E-state index in [1.807, 2.05) is 19.9 Å². The summed E-state index contributed by atoms with van der Waals surface area (Å²) in [6.45, 7) is 6.00. The third kappa shape index (κ3) is 3.19. The summed E-state index contributed by atoms with van der Waals surface area (Å²) >= 11 is 0. The van der Waals surface area contributed by atoms with Crippen LogP contribution in [0, 0.1) is 19.7 Å². The lowest BCUT2D eigenvalue weighted by Crippen LogP contribution is -2.39. The zero-order valence-corrected chi connectivity index (χ0v) is 12.2. The van der Waals surface area contributed by atoms with E-state index in [2.05, 4.69) is 14.9 Å². The number of aryl methyl sites for hydroxylation is 2. The second-order valence-corrected chi connectivity index (χ2v) is 5.27. The summed E-state index contributed by atoms with van der Waals surface area (Å²) in [5.74, 6) is 1.47. The quantitative estimate of drug-likeness (QED) is 0.851. The summed E-state index contributed by atoms with van der Waals surface area (Å²) in [6.07, 6.45) is -0.0603. The van der Waals surface area contributed by atoms with Gasteiger partial charge < -0.3 is 9.64 Å². The average molecular weight is 287 g/mol. The first-order chi connectivity index (χ1) is 10.1. The molecule has 0 radical (unpaired) electrons. The maximum Gasteiger partial charge on any atom is 0.132 e. The van der Waals surface area contributed by atoms with Crippen LogP contribution in [0.3, 0.4) is 0 Å². The Labute approximate surface area is 123 Å². The molecule has 4 nitrogen and oxygen atoms in total. The molecule has 0 amide bonds. The zero-order valence-electron chi connectivity index (χ0n) is 12.2. The Morgan fingerprint density at radius 3 is 2.67 bits per heavy atom. The minimum absolute atomic E-state index is 0.0603. The minimum atomic E-state index is -0.228. The van der Waals surface area contributed by atoms with Crippen molar-refractivity contribution >= 4 is 5.82 Å². The van der Waals surface area contributed by atoms with E-state index in [9.17, 15) is 4.39 Å². The summed E-state index contributed by atoms with van der Waals surface area (Å²) in [5, 5.41) is 0. The number of morpholine rings is 1. The van der Waals surface area contributed by atoms with Gasteiger partial charge in [-0.1, -0.05) is 12.1 Å². The number of aromatic nitrogens is 2. The van der Waals surface area contributed by atoms with Gasteiger partial charge in [-0.2, -0.15) is 0 Å². The Morgan fingerprint density at radius 2 is 1.95 bits per heavy atom. The summed E-state index contributed by atoms with van der Waals surface area (Å²) in [7, 11) is 0. The lowest BCUT2D eigenvalue weighted by Gasteiger charge is -2.34. The third-order valence-corrected chi connectivity index (χ3v) is 3.58. The van der Waals surface area contributed by atoms with E-state index in [4.69, 9.17) is 4.74 Å². The first-order valence-electron chi connectivity index (χ1n) is 7.06. The van der Waals surface area contributed by atoms with E-state index in [-0.39, 0.29) is 11.9 Å². The van der Waals surface area contributed by atoms with Gasteiger partial charge in [-0.15, -0.1) is 0 Å². The maximum absolute atomic E-state index is 13.0. The molecule has 0 aliphatic carbocycles. The highest BCUT2D eigenvalue weighted by Crippen LogP contribution is 2.25. The first-order valence-corrected chi connectivity index (χ1v) is 7.06. The van der Waals surface area contributed by atoms with Crippen molar-refractivity contribution < 1.29 is 9.13 Å². The van der Waals surface area contributed by atoms with Gasteiger partial charge in [0.25, 0.3) is 0 Å². The van der Waals surface area contributed by atoms with E-state index in [0.717, 1.165) is 29.4 Å². The Kier molecular flexibility index (Phi) is 3.84. The first kappa shape index (κ1) is 13.9. The van der Waals surface area contributed by atoms with Gasteiger partial charge in [0.05, 0.1) is 6.61 Å². The van der Waals surface area contributed by atoms with E-state index >= 15 is 0 Å². The molecule has 1 aliphatic heterocycles. The third-order valence-electron chi connectivity index (χ3n) is 3.58. The number of hydrogen-bond donors (Lipinski definition) is 0. The standard InChI is InChI=1S/C16H18FN3O/c1-11-9-16(19-12(2)18-11)20-7-8-21-15(10-20)13-3-5-14(17)6-4-13/h3-6,9,15H,7-8,10H2,1-2H3. The fourth-order valence-electron chi connectivity index (χ4n) is 2.60. The van der Waals surface area contributed by atoms with Crippen LogP contribution in [0.15, 0.2) is 30.3 Å². The molecule has 1 atom stereocenters. The van der Waals surface area contributed by atoms with Crippen LogP contribution in [0.25, 0.3) is 0 Å². The molecule has 0 N–H and O–H groups in total. The lowest BCUT2D eigenvalue weighted by atomic mass is 10.1. The van der Waals surface area contributed by atoms with Gasteiger partial charge in [0.15, 0.2) is 0 Å². The second-order valence-electron chi connectivity index (χ2n) is 5.27. The Bertz CT molecular complexity index is 610. The number of nitrogens with zero attached hydrogens (tertiary/aromatic N) is 3. The number of anilines is 1. The molecule has 0 spiro atoms. The highest BCUT2D eigenvalue weighted by molar-refractivity contribution is 5.41. The van der Waals surface area contributed by atoms with Gasteiger partial charge in [0.1, 0.15) is 23.6 Å². The van der Waals surface area contributed by atoms with Crippen molar-refractivity contribution in [3.8, 4) is 0 Å². The molecule has 1 aromatic heterocycles. The molecule has 1 fully saturated rings. The van der Waals surface area contributed by atoms with E-state index < -0.39 is 0 Å². The molecule has 21 heavy (non-hydrogen) atoms. The van der Waals surface area contributed by atoms with Crippen molar-refractivity contribution in [3.05, 3.63) is 53.2 Å². The molecular formula is C16H18FN3O. The molecule has 2 aromatic rings. The van der Waals surface area contributed by atoms with Crippen LogP contribution in [0.5, 0.6) is 0 Å². The predicted molar refractivity (Wildman–Crippen MR) is 78.8 cm³/mol. The molecule has 1 aromatic carbocycles. The van der Waals surface area contributed by atoms with Gasteiger partial charge in [-0.05, 0) is 31.5 Å². The van der Waals surface area contributed by atoms with Gasteiger partial charge >= 0.3 is 0 Å². The molecule has 1 saturated heterocycles. The summed E-state index contributed by atoms with van der Waals surface area (Å²) < 4.78 is 18.8. The van der Waals surface area contributed by atoms with Crippen molar-refractivity contribution in [3.63, 3.8) is 0 Å². The SMILES string of the molecule is Cc1cc(N2CCOC(c3ccc(F)cc3)C2)nc(C)n1. The fourth-order valence-corrected chi connectivity index (χ4v) is 2.60. The van der Waals surface area contributed by atoms with Crippen LogP contribution in [0.4, 0.5) is 10.2 Å². The summed E-state index contributed by atoms with van der Waals surface area (Å²) in [5.41, 5.74) is 1.95. The molecule has 2 heterocycles. The lowest BCUT2D eigenvalue weighted by molar-refractivity contribution is 0.0394. The van der Waals surface area contributed by atoms with Gasteiger partial charge in [-0.25, -0.2) is 14.4 Å². The number of benzene rings is 1. The largest absolute Gasteiger partial charge is 0.370 e. The molecule has 1 aliphatic rings. The smallest absolute Gasteiger partial charge is 0.132 e. The second kappa shape index (κ2) is 5.77. The maximum atomic E-state index is 13.0.